The van der Waals surface area contributed by atoms with Crippen molar-refractivity contribution < 1.29 is 4.79 Å². The van der Waals surface area contributed by atoms with Crippen LogP contribution in [0.4, 0.5) is 0 Å². The molecule has 0 radical (unpaired) electrons. The molecular weight excluding hydrogens is 150 g/mol. The van der Waals surface area contributed by atoms with Gasteiger partial charge >= 0.3 is 0 Å². The Hall–Kier alpha value is -0.790. The van der Waals surface area contributed by atoms with Crippen LogP contribution >= 0.6 is 0 Å². The Morgan fingerprint density at radius 3 is 2.42 bits per heavy atom. The second kappa shape index (κ2) is 4.29. The number of amides is 1. The van der Waals surface area contributed by atoms with E-state index < -0.39 is 0 Å². The van der Waals surface area contributed by atoms with Crippen molar-refractivity contribution in [3.8, 4) is 0 Å². The highest BCUT2D eigenvalue weighted by Gasteiger charge is 2.15. The lowest BCUT2D eigenvalue weighted by Gasteiger charge is -2.21. The summed E-state index contributed by atoms with van der Waals surface area (Å²) in [6.45, 7) is 3.67. The van der Waals surface area contributed by atoms with Gasteiger partial charge in [0.2, 0.25) is 5.91 Å². The third kappa shape index (κ3) is 2.68. The molecule has 0 aromatic rings. The second-order valence-corrected chi connectivity index (χ2v) is 3.68. The zero-order valence-corrected chi connectivity index (χ0v) is 7.51. The Labute approximate surface area is 73.8 Å². The second-order valence-electron chi connectivity index (χ2n) is 3.68. The smallest absolute Gasteiger partial charge is 0.244 e. The zero-order chi connectivity index (χ0) is 8.97. The van der Waals surface area contributed by atoms with Crippen molar-refractivity contribution in [2.24, 2.45) is 11.7 Å². The van der Waals surface area contributed by atoms with Crippen LogP contribution in [0, 0.1) is 5.92 Å². The molecule has 2 heteroatoms. The van der Waals surface area contributed by atoms with Crippen molar-refractivity contribution in [2.75, 3.05) is 0 Å². The van der Waals surface area contributed by atoms with Gasteiger partial charge < -0.3 is 5.73 Å². The van der Waals surface area contributed by atoms with Crippen LogP contribution in [-0.2, 0) is 4.79 Å². The molecule has 0 spiro atoms. The van der Waals surface area contributed by atoms with Crippen molar-refractivity contribution in [2.45, 2.75) is 38.5 Å². The molecule has 1 rings (SSSR count). The number of rotatable bonds is 3. The Morgan fingerprint density at radius 1 is 1.33 bits per heavy atom. The van der Waals surface area contributed by atoms with Crippen molar-refractivity contribution in [3.63, 3.8) is 0 Å². The summed E-state index contributed by atoms with van der Waals surface area (Å²) in [5.74, 6) is 0.333. The predicted molar refractivity (Wildman–Crippen MR) is 49.5 cm³/mol. The standard InChI is InChI=1S/C10H17NO/c1-8(10(11)12)7-9-5-3-2-4-6-9/h9H,1-7H2,(H2,11,12). The predicted octanol–water partition coefficient (Wildman–Crippen LogP) is 2.00. The molecule has 0 bridgehead atoms. The molecule has 0 unspecified atom stereocenters. The van der Waals surface area contributed by atoms with E-state index in [2.05, 4.69) is 6.58 Å². The molecule has 0 aromatic heterocycles. The number of hydrogen-bond donors (Lipinski definition) is 1. The molecule has 1 saturated carbocycles. The Balaban J connectivity index is 2.29. The number of carbonyl (C=O) groups is 1. The van der Waals surface area contributed by atoms with Gasteiger partial charge in [0, 0.05) is 5.57 Å². The topological polar surface area (TPSA) is 43.1 Å². The monoisotopic (exact) mass is 167 g/mol. The maximum absolute atomic E-state index is 10.7. The molecule has 2 N–H and O–H groups in total. The average molecular weight is 167 g/mol. The lowest BCUT2D eigenvalue weighted by Crippen LogP contribution is -2.17. The van der Waals surface area contributed by atoms with E-state index in [0.29, 0.717) is 11.5 Å². The highest BCUT2D eigenvalue weighted by Crippen LogP contribution is 2.28. The van der Waals surface area contributed by atoms with Gasteiger partial charge in [-0.05, 0) is 12.3 Å². The van der Waals surface area contributed by atoms with Gasteiger partial charge in [0.25, 0.3) is 0 Å². The molecular formula is C10H17NO. The first kappa shape index (κ1) is 9.30. The Morgan fingerprint density at radius 2 is 1.92 bits per heavy atom. The molecule has 68 valence electrons. The van der Waals surface area contributed by atoms with Crippen LogP contribution in [-0.4, -0.2) is 5.91 Å². The molecule has 0 aliphatic heterocycles. The molecule has 2 nitrogen and oxygen atoms in total. The normalized spacial score (nSPS) is 19.0. The van der Waals surface area contributed by atoms with E-state index in [1.807, 2.05) is 0 Å². The summed E-state index contributed by atoms with van der Waals surface area (Å²) in [4.78, 5) is 10.7. The summed E-state index contributed by atoms with van der Waals surface area (Å²) >= 11 is 0. The quantitative estimate of drug-likeness (QED) is 0.642. The summed E-state index contributed by atoms with van der Waals surface area (Å²) in [6, 6.07) is 0. The maximum atomic E-state index is 10.7. The fourth-order valence-corrected chi connectivity index (χ4v) is 1.84. The van der Waals surface area contributed by atoms with Crippen LogP contribution in [0.3, 0.4) is 0 Å². The maximum Gasteiger partial charge on any atom is 0.244 e. The molecule has 0 saturated heterocycles. The number of nitrogens with two attached hydrogens (primary N) is 1. The van der Waals surface area contributed by atoms with Gasteiger partial charge in [0.1, 0.15) is 0 Å². The van der Waals surface area contributed by atoms with E-state index >= 15 is 0 Å². The van der Waals surface area contributed by atoms with Gasteiger partial charge in [-0.3, -0.25) is 4.79 Å². The first-order valence-corrected chi connectivity index (χ1v) is 4.67. The van der Waals surface area contributed by atoms with Crippen molar-refractivity contribution in [1.29, 1.82) is 0 Å². The first-order chi connectivity index (χ1) is 5.70. The first-order valence-electron chi connectivity index (χ1n) is 4.67. The molecule has 0 atom stereocenters. The Kier molecular flexibility index (Phi) is 3.32. The minimum absolute atomic E-state index is 0.333. The van der Waals surface area contributed by atoms with E-state index in [1.165, 1.54) is 32.1 Å². The SMILES string of the molecule is C=C(CC1CCCCC1)C(N)=O. The van der Waals surface area contributed by atoms with Crippen LogP contribution in [0.15, 0.2) is 12.2 Å². The van der Waals surface area contributed by atoms with E-state index in [1.54, 1.807) is 0 Å². The van der Waals surface area contributed by atoms with Crippen molar-refractivity contribution in [3.05, 3.63) is 12.2 Å². The number of primary amides is 1. The largest absolute Gasteiger partial charge is 0.366 e. The fourth-order valence-electron chi connectivity index (χ4n) is 1.84. The van der Waals surface area contributed by atoms with Gasteiger partial charge in [-0.15, -0.1) is 0 Å². The molecule has 0 heterocycles. The van der Waals surface area contributed by atoms with E-state index in [0.717, 1.165) is 6.42 Å². The molecule has 1 aliphatic carbocycles. The van der Waals surface area contributed by atoms with Crippen LogP contribution in [0.2, 0.25) is 0 Å². The van der Waals surface area contributed by atoms with E-state index in [4.69, 9.17) is 5.73 Å². The van der Waals surface area contributed by atoms with Crippen LogP contribution in [0.1, 0.15) is 38.5 Å². The zero-order valence-electron chi connectivity index (χ0n) is 7.51. The highest BCUT2D eigenvalue weighted by atomic mass is 16.1. The summed E-state index contributed by atoms with van der Waals surface area (Å²) in [7, 11) is 0. The molecule has 1 aliphatic rings. The minimum Gasteiger partial charge on any atom is -0.366 e. The highest BCUT2D eigenvalue weighted by molar-refractivity contribution is 5.91. The van der Waals surface area contributed by atoms with Gasteiger partial charge in [0.05, 0.1) is 0 Å². The molecule has 12 heavy (non-hydrogen) atoms. The number of carbonyl (C=O) groups excluding carboxylic acids is 1. The third-order valence-electron chi connectivity index (χ3n) is 2.61. The van der Waals surface area contributed by atoms with Gasteiger partial charge in [-0.1, -0.05) is 38.7 Å². The molecule has 1 amide bonds. The summed E-state index contributed by atoms with van der Waals surface area (Å²) in [5, 5.41) is 0. The van der Waals surface area contributed by atoms with E-state index in [9.17, 15) is 4.79 Å². The molecule has 0 aromatic carbocycles. The Bertz CT molecular complexity index is 180. The van der Waals surface area contributed by atoms with Gasteiger partial charge in [0.15, 0.2) is 0 Å². The lowest BCUT2D eigenvalue weighted by atomic mass is 9.85. The molecule has 1 fully saturated rings. The van der Waals surface area contributed by atoms with Crippen molar-refractivity contribution in [1.82, 2.24) is 0 Å². The van der Waals surface area contributed by atoms with Crippen LogP contribution in [0.5, 0.6) is 0 Å². The van der Waals surface area contributed by atoms with Crippen LogP contribution < -0.4 is 5.73 Å². The van der Waals surface area contributed by atoms with Gasteiger partial charge in [-0.25, -0.2) is 0 Å². The lowest BCUT2D eigenvalue weighted by molar-refractivity contribution is -0.114. The minimum atomic E-state index is -0.333. The third-order valence-corrected chi connectivity index (χ3v) is 2.61. The average Bonchev–Trinajstić information content (AvgIpc) is 2.06. The van der Waals surface area contributed by atoms with Crippen molar-refractivity contribution >= 4 is 5.91 Å². The summed E-state index contributed by atoms with van der Waals surface area (Å²) in [5.41, 5.74) is 5.71. The summed E-state index contributed by atoms with van der Waals surface area (Å²) < 4.78 is 0. The van der Waals surface area contributed by atoms with E-state index in [-0.39, 0.29) is 5.91 Å². The number of hydrogen-bond acceptors (Lipinski definition) is 1. The summed E-state index contributed by atoms with van der Waals surface area (Å²) in [6.07, 6.45) is 7.25. The fraction of sp³-hybridized carbons (Fsp3) is 0.700. The van der Waals surface area contributed by atoms with Gasteiger partial charge in [-0.2, -0.15) is 0 Å². The van der Waals surface area contributed by atoms with Crippen LogP contribution in [0.25, 0.3) is 0 Å².